The standard InChI is InChI=1S/C13H11N7O5/c1-7-11(17-16-8(2)13(20(24)25)18(17)15-7)12(21)14-9-4-3-5-10(6-9)19(22)23/h3-6H,1-2H3,(H-,14,15,16,21). The molecule has 0 aliphatic carbocycles. The minimum absolute atomic E-state index is 0.0114. The summed E-state index contributed by atoms with van der Waals surface area (Å²) in [5, 5.41) is 41.1. The fourth-order valence-electron chi connectivity index (χ4n) is 2.39. The number of hydrogen-bond acceptors (Lipinski definition) is 7. The van der Waals surface area contributed by atoms with E-state index in [1.54, 1.807) is 0 Å². The van der Waals surface area contributed by atoms with Crippen molar-refractivity contribution in [2.24, 2.45) is 4.99 Å². The van der Waals surface area contributed by atoms with Crippen LogP contribution in [-0.4, -0.2) is 30.6 Å². The van der Waals surface area contributed by atoms with Gasteiger partial charge in [0.15, 0.2) is 10.3 Å². The van der Waals surface area contributed by atoms with Gasteiger partial charge in [0.2, 0.25) is 0 Å². The number of nitrogens with zero attached hydrogens (tertiary/aromatic N) is 6. The highest BCUT2D eigenvalue weighted by Gasteiger charge is 2.33. The maximum absolute atomic E-state index is 12.5. The highest BCUT2D eigenvalue weighted by Crippen LogP contribution is 2.20. The molecule has 0 bridgehead atoms. The van der Waals surface area contributed by atoms with E-state index >= 15 is 0 Å². The lowest BCUT2D eigenvalue weighted by molar-refractivity contribution is -0.683. The van der Waals surface area contributed by atoms with Crippen LogP contribution in [0, 0.1) is 34.1 Å². The lowest BCUT2D eigenvalue weighted by Gasteiger charge is -2.04. The molecule has 3 rings (SSSR count). The molecule has 2 aromatic heterocycles. The van der Waals surface area contributed by atoms with E-state index < -0.39 is 15.7 Å². The van der Waals surface area contributed by atoms with Crippen LogP contribution in [0.4, 0.5) is 17.2 Å². The van der Waals surface area contributed by atoms with E-state index in [0.29, 0.717) is 0 Å². The van der Waals surface area contributed by atoms with Crippen LogP contribution in [0.25, 0.3) is 0 Å². The Morgan fingerprint density at radius 2 is 2.00 bits per heavy atom. The first-order valence-corrected chi connectivity index (χ1v) is 6.94. The first-order valence-electron chi connectivity index (χ1n) is 6.94. The molecule has 12 nitrogen and oxygen atoms in total. The molecule has 0 amide bonds. The summed E-state index contributed by atoms with van der Waals surface area (Å²) in [5.41, 5.74) is 0.310. The Balaban J connectivity index is 2.14. The van der Waals surface area contributed by atoms with Crippen molar-refractivity contribution in [1.82, 2.24) is 14.8 Å². The van der Waals surface area contributed by atoms with Crippen LogP contribution in [0.2, 0.25) is 0 Å². The summed E-state index contributed by atoms with van der Waals surface area (Å²) in [5.74, 6) is -1.05. The van der Waals surface area contributed by atoms with Crippen molar-refractivity contribution in [1.29, 1.82) is 0 Å². The fraction of sp³-hybridized carbons (Fsp3) is 0.154. The Hall–Kier alpha value is -3.83. The average Bonchev–Trinajstić information content (AvgIpc) is 2.99. The van der Waals surface area contributed by atoms with Gasteiger partial charge in [-0.15, -0.1) is 0 Å². The van der Waals surface area contributed by atoms with Gasteiger partial charge in [0.1, 0.15) is 5.10 Å². The number of aliphatic imine (C=N–C) groups is 1. The summed E-state index contributed by atoms with van der Waals surface area (Å²) < 4.78 is 2.08. The zero-order valence-electron chi connectivity index (χ0n) is 13.0. The highest BCUT2D eigenvalue weighted by molar-refractivity contribution is 5.90. The van der Waals surface area contributed by atoms with Gasteiger partial charge < -0.3 is 15.2 Å². The van der Waals surface area contributed by atoms with Crippen LogP contribution in [-0.2, 0) is 0 Å². The summed E-state index contributed by atoms with van der Waals surface area (Å²) in [4.78, 5) is 24.5. The smallest absolute Gasteiger partial charge is 0.436 e. The van der Waals surface area contributed by atoms with Crippen molar-refractivity contribution in [2.45, 2.75) is 13.8 Å². The van der Waals surface area contributed by atoms with Crippen LogP contribution >= 0.6 is 0 Å². The number of H-pyrrole nitrogens is 1. The summed E-state index contributed by atoms with van der Waals surface area (Å²) >= 11 is 0. The third kappa shape index (κ3) is 2.65. The zero-order valence-corrected chi connectivity index (χ0v) is 13.0. The van der Waals surface area contributed by atoms with Crippen molar-refractivity contribution in [3.63, 3.8) is 0 Å². The molecule has 1 aromatic carbocycles. The number of nitro benzene ring substituents is 1. The highest BCUT2D eigenvalue weighted by atomic mass is 16.6. The Morgan fingerprint density at radius 1 is 1.28 bits per heavy atom. The van der Waals surface area contributed by atoms with Gasteiger partial charge in [0, 0.05) is 29.6 Å². The Kier molecular flexibility index (Phi) is 3.64. The minimum atomic E-state index is -0.742. The molecular formula is C13H11N7O5. The van der Waals surface area contributed by atoms with Gasteiger partial charge in [-0.2, -0.15) is 5.10 Å². The van der Waals surface area contributed by atoms with E-state index in [9.17, 15) is 25.3 Å². The van der Waals surface area contributed by atoms with Gasteiger partial charge in [0.25, 0.3) is 17.1 Å². The number of rotatable bonds is 4. The number of aryl methyl sites for hydroxylation is 2. The van der Waals surface area contributed by atoms with E-state index in [4.69, 9.17) is 0 Å². The maximum atomic E-state index is 12.5. The molecule has 0 radical (unpaired) electrons. The molecule has 0 fully saturated rings. The van der Waals surface area contributed by atoms with E-state index in [1.807, 2.05) is 0 Å². The molecule has 12 heteroatoms. The number of benzene rings is 1. The number of aromatic amines is 1. The van der Waals surface area contributed by atoms with Gasteiger partial charge in [-0.3, -0.25) is 15.1 Å². The molecule has 2 heterocycles. The van der Waals surface area contributed by atoms with Crippen molar-refractivity contribution in [3.05, 3.63) is 61.6 Å². The molecule has 0 saturated carbocycles. The fourth-order valence-corrected chi connectivity index (χ4v) is 2.39. The second-order valence-corrected chi connectivity index (χ2v) is 5.15. The van der Waals surface area contributed by atoms with Gasteiger partial charge in [-0.05, 0) is 17.9 Å². The van der Waals surface area contributed by atoms with Crippen LogP contribution in [0.15, 0.2) is 29.3 Å². The van der Waals surface area contributed by atoms with Gasteiger partial charge in [-0.1, -0.05) is 6.07 Å². The normalized spacial score (nSPS) is 11.8. The lowest BCUT2D eigenvalue weighted by Crippen LogP contribution is -2.39. The lowest BCUT2D eigenvalue weighted by atomic mass is 10.3. The molecule has 0 spiro atoms. The van der Waals surface area contributed by atoms with Gasteiger partial charge in [0.05, 0.1) is 10.6 Å². The van der Waals surface area contributed by atoms with Crippen LogP contribution in [0.1, 0.15) is 17.1 Å². The van der Waals surface area contributed by atoms with Crippen LogP contribution < -0.4 is 9.74 Å². The predicted molar refractivity (Wildman–Crippen MR) is 80.6 cm³/mol. The summed E-state index contributed by atoms with van der Waals surface area (Å²) in [6, 6.07) is 5.27. The summed E-state index contributed by atoms with van der Waals surface area (Å²) in [7, 11) is 0. The largest absolute Gasteiger partial charge is 0.855 e. The molecule has 0 aliphatic rings. The monoisotopic (exact) mass is 345 g/mol. The third-order valence-electron chi connectivity index (χ3n) is 3.43. The topological polar surface area (TPSA) is 159 Å². The molecule has 0 unspecified atom stereocenters. The molecule has 0 aliphatic heterocycles. The molecule has 25 heavy (non-hydrogen) atoms. The van der Waals surface area contributed by atoms with Crippen LogP contribution in [0.3, 0.4) is 0 Å². The third-order valence-corrected chi connectivity index (χ3v) is 3.43. The second kappa shape index (κ2) is 5.67. The summed E-state index contributed by atoms with van der Waals surface area (Å²) in [6.45, 7) is 2.98. The molecule has 3 aromatic rings. The van der Waals surface area contributed by atoms with E-state index in [-0.39, 0.29) is 34.3 Å². The Labute approximate surface area is 138 Å². The first kappa shape index (κ1) is 16.0. The SMILES string of the molecule is Cc1nn2c([N+](=O)[O-])c(C)[nH][n+]2c1C([O-])=Nc1cccc([N+](=O)[O-])c1. The van der Waals surface area contributed by atoms with Crippen molar-refractivity contribution in [3.8, 4) is 0 Å². The number of nitro groups is 2. The summed E-state index contributed by atoms with van der Waals surface area (Å²) in [6.07, 6.45) is 0. The molecule has 0 atom stereocenters. The molecule has 128 valence electrons. The second-order valence-electron chi connectivity index (χ2n) is 5.15. The minimum Gasteiger partial charge on any atom is -0.855 e. The quantitative estimate of drug-likeness (QED) is 0.232. The number of non-ortho nitro benzene ring substituents is 1. The predicted octanol–water partition coefficient (Wildman–Crippen LogP) is 0.120. The number of hydrogen-bond donors (Lipinski definition) is 1. The molecule has 1 N–H and O–H groups in total. The number of nitrogens with one attached hydrogen (secondary N) is 1. The van der Waals surface area contributed by atoms with Gasteiger partial charge >= 0.3 is 5.82 Å². The molecular weight excluding hydrogens is 334 g/mol. The Bertz CT molecular complexity index is 1050. The maximum Gasteiger partial charge on any atom is 0.436 e. The van der Waals surface area contributed by atoms with Gasteiger partial charge in [-0.25, -0.2) is 0 Å². The van der Waals surface area contributed by atoms with E-state index in [0.717, 1.165) is 15.3 Å². The van der Waals surface area contributed by atoms with Crippen molar-refractivity contribution in [2.75, 3.05) is 0 Å². The van der Waals surface area contributed by atoms with E-state index in [2.05, 4.69) is 15.2 Å². The average molecular weight is 345 g/mol. The molecule has 0 saturated heterocycles. The van der Waals surface area contributed by atoms with Crippen molar-refractivity contribution < 1.29 is 19.6 Å². The first-order chi connectivity index (χ1) is 11.8. The van der Waals surface area contributed by atoms with Crippen LogP contribution in [0.5, 0.6) is 0 Å². The number of aromatic nitrogens is 4. The number of fused-ring (bicyclic) bond motifs is 1. The Morgan fingerprint density at radius 3 is 2.64 bits per heavy atom. The zero-order chi connectivity index (χ0) is 18.3. The van der Waals surface area contributed by atoms with Crippen molar-refractivity contribution >= 4 is 23.1 Å². The van der Waals surface area contributed by atoms with E-state index in [1.165, 1.54) is 32.0 Å².